The minimum atomic E-state index is -0.560. The molecule has 1 unspecified atom stereocenters. The third-order valence-corrected chi connectivity index (χ3v) is 9.00. The lowest BCUT2D eigenvalue weighted by atomic mass is 9.83. The summed E-state index contributed by atoms with van der Waals surface area (Å²) >= 11 is 1.30. The first-order valence-electron chi connectivity index (χ1n) is 15.5. The largest absolute Gasteiger partial charge is 0.324 e. The minimum absolute atomic E-state index is 0.0787. The van der Waals surface area contributed by atoms with Gasteiger partial charge in [0.05, 0.1) is 16.5 Å². The van der Waals surface area contributed by atoms with Crippen molar-refractivity contribution in [1.29, 1.82) is 0 Å². The highest BCUT2D eigenvalue weighted by Crippen LogP contribution is 2.33. The van der Waals surface area contributed by atoms with Crippen LogP contribution in [0, 0.1) is 6.92 Å². The average Bonchev–Trinajstić information content (AvgIpc) is 3.11. The van der Waals surface area contributed by atoms with E-state index in [2.05, 4.69) is 16.0 Å². The summed E-state index contributed by atoms with van der Waals surface area (Å²) in [5.41, 5.74) is 4.16. The van der Waals surface area contributed by atoms with Crippen LogP contribution in [0.5, 0.6) is 0 Å². The number of carbonyl (C=O) groups is 5. The second-order valence-electron chi connectivity index (χ2n) is 11.5. The van der Waals surface area contributed by atoms with Gasteiger partial charge >= 0.3 is 0 Å². The zero-order valence-electron chi connectivity index (χ0n) is 26.7. The Morgan fingerprint density at radius 2 is 1.35 bits per heavy atom. The van der Waals surface area contributed by atoms with Gasteiger partial charge in [-0.1, -0.05) is 84.4 Å². The summed E-state index contributed by atoms with van der Waals surface area (Å²) < 4.78 is 0. The van der Waals surface area contributed by atoms with Crippen molar-refractivity contribution in [2.45, 2.75) is 24.0 Å². The number of thioether (sulfide) groups is 1. The molecule has 1 aliphatic carbocycles. The minimum Gasteiger partial charge on any atom is -0.324 e. The molecule has 49 heavy (non-hydrogen) atoms. The van der Waals surface area contributed by atoms with Crippen molar-refractivity contribution >= 4 is 58.5 Å². The highest BCUT2D eigenvalue weighted by atomic mass is 32.2. The maximum Gasteiger partial charge on any atom is 0.272 e. The first-order chi connectivity index (χ1) is 23.7. The predicted octanol–water partition coefficient (Wildman–Crippen LogP) is 7.30. The Balaban J connectivity index is 1.12. The molecule has 0 heterocycles. The Morgan fingerprint density at radius 3 is 2.06 bits per heavy atom. The molecular weight excluding hydrogens is 635 g/mol. The second-order valence-corrected chi connectivity index (χ2v) is 12.9. The van der Waals surface area contributed by atoms with Gasteiger partial charge in [-0.15, -0.1) is 11.8 Å². The molecule has 5 aromatic carbocycles. The number of aryl methyl sites for hydroxylation is 1. The van der Waals surface area contributed by atoms with E-state index in [0.29, 0.717) is 22.4 Å². The Hall–Kier alpha value is -6.06. The van der Waals surface area contributed by atoms with Crippen molar-refractivity contribution in [3.63, 3.8) is 0 Å². The van der Waals surface area contributed by atoms with Crippen LogP contribution in [-0.4, -0.2) is 34.5 Å². The summed E-state index contributed by atoms with van der Waals surface area (Å²) in [6, 6.07) is 34.7. The smallest absolute Gasteiger partial charge is 0.272 e. The molecule has 3 N–H and O–H groups in total. The normalized spacial score (nSPS) is 12.7. The van der Waals surface area contributed by atoms with Gasteiger partial charge < -0.3 is 16.0 Å². The molecule has 5 aromatic rings. The van der Waals surface area contributed by atoms with Gasteiger partial charge in [0.25, 0.3) is 11.8 Å². The van der Waals surface area contributed by atoms with E-state index >= 15 is 0 Å². The fourth-order valence-corrected chi connectivity index (χ4v) is 6.29. The molecule has 1 atom stereocenters. The number of hydrogen-bond donors (Lipinski definition) is 3. The quantitative estimate of drug-likeness (QED) is 0.110. The van der Waals surface area contributed by atoms with Crippen molar-refractivity contribution < 1.29 is 24.0 Å². The zero-order valence-corrected chi connectivity index (χ0v) is 27.5. The fraction of sp³-hybridized carbons (Fsp3) is 0.0750. The summed E-state index contributed by atoms with van der Waals surface area (Å²) in [6.07, 6.45) is 1.62. The monoisotopic (exact) mass is 665 g/mol. The number of benzene rings is 5. The summed E-state index contributed by atoms with van der Waals surface area (Å²) in [5.74, 6) is -1.82. The third-order valence-electron chi connectivity index (χ3n) is 7.89. The summed E-state index contributed by atoms with van der Waals surface area (Å²) in [4.78, 5) is 66.8. The van der Waals surface area contributed by atoms with Gasteiger partial charge in [-0.05, 0) is 68.0 Å². The van der Waals surface area contributed by atoms with Crippen molar-refractivity contribution in [1.82, 2.24) is 5.32 Å². The summed E-state index contributed by atoms with van der Waals surface area (Å²) in [6.45, 7) is 3.69. The SMILES string of the molecule is Cc1cccc(/C=C(\NC(=O)c2ccccc2)C(=O)Nc2ccc(SC(C)C(=O)Nc3cccc4c3C(=O)c3ccccc3C4=O)cc2)c1. The van der Waals surface area contributed by atoms with E-state index in [1.807, 2.05) is 37.3 Å². The van der Waals surface area contributed by atoms with E-state index in [1.54, 1.807) is 104 Å². The van der Waals surface area contributed by atoms with Crippen LogP contribution in [0.4, 0.5) is 11.4 Å². The maximum atomic E-state index is 13.4. The summed E-state index contributed by atoms with van der Waals surface area (Å²) in [7, 11) is 0. The van der Waals surface area contributed by atoms with Crippen LogP contribution >= 0.6 is 11.8 Å². The molecule has 8 nitrogen and oxygen atoms in total. The molecule has 0 bridgehead atoms. The summed E-state index contributed by atoms with van der Waals surface area (Å²) in [5, 5.41) is 7.87. The van der Waals surface area contributed by atoms with Gasteiger partial charge in [0.1, 0.15) is 5.70 Å². The highest BCUT2D eigenvalue weighted by molar-refractivity contribution is 8.00. The topological polar surface area (TPSA) is 121 Å². The molecule has 0 fully saturated rings. The lowest BCUT2D eigenvalue weighted by Gasteiger charge is -2.21. The molecule has 6 rings (SSSR count). The van der Waals surface area contributed by atoms with E-state index in [4.69, 9.17) is 0 Å². The van der Waals surface area contributed by atoms with Gasteiger partial charge in [-0.3, -0.25) is 24.0 Å². The molecule has 0 saturated carbocycles. The Morgan fingerprint density at radius 1 is 0.694 bits per heavy atom. The fourth-order valence-electron chi connectivity index (χ4n) is 5.43. The number of nitrogens with one attached hydrogen (secondary N) is 3. The van der Waals surface area contributed by atoms with Crippen LogP contribution in [-0.2, 0) is 9.59 Å². The maximum absolute atomic E-state index is 13.4. The van der Waals surface area contributed by atoms with Gasteiger partial charge in [0.15, 0.2) is 11.6 Å². The van der Waals surface area contributed by atoms with E-state index in [9.17, 15) is 24.0 Å². The number of amides is 3. The molecule has 0 spiro atoms. The predicted molar refractivity (Wildman–Crippen MR) is 192 cm³/mol. The number of carbonyl (C=O) groups excluding carboxylic acids is 5. The Labute approximate surface area is 287 Å². The lowest BCUT2D eigenvalue weighted by molar-refractivity contribution is -0.115. The molecular formula is C40H31N3O5S. The number of rotatable bonds is 9. The van der Waals surface area contributed by atoms with Crippen LogP contribution in [0.2, 0.25) is 0 Å². The van der Waals surface area contributed by atoms with Crippen LogP contribution in [0.15, 0.2) is 132 Å². The van der Waals surface area contributed by atoms with Crippen LogP contribution < -0.4 is 16.0 Å². The standard InChI is InChI=1S/C40H31N3O5S/c1-24-10-8-11-26(22-24)23-34(43-39(47)27-12-4-3-5-13-27)40(48)41-28-18-20-29(21-19-28)49-25(2)38(46)42-33-17-9-16-32-35(33)37(45)31-15-7-6-14-30(31)36(32)44/h3-23,25H,1-2H3,(H,41,48)(H,42,46)(H,43,47)/b34-23-. The van der Waals surface area contributed by atoms with Gasteiger partial charge in [0, 0.05) is 32.8 Å². The molecule has 9 heteroatoms. The molecule has 242 valence electrons. The number of ketones is 2. The number of anilines is 2. The first-order valence-corrected chi connectivity index (χ1v) is 16.4. The Bertz CT molecular complexity index is 2140. The third kappa shape index (κ3) is 7.42. The van der Waals surface area contributed by atoms with Crippen molar-refractivity contribution in [2.24, 2.45) is 0 Å². The van der Waals surface area contributed by atoms with Crippen LogP contribution in [0.1, 0.15) is 60.3 Å². The molecule has 0 aliphatic heterocycles. The van der Waals surface area contributed by atoms with Crippen molar-refractivity contribution in [2.75, 3.05) is 10.6 Å². The Kier molecular flexibility index (Phi) is 9.64. The van der Waals surface area contributed by atoms with E-state index in [-0.39, 0.29) is 40.0 Å². The first kappa shape index (κ1) is 32.9. The zero-order chi connectivity index (χ0) is 34.5. The molecule has 1 aliphatic rings. The van der Waals surface area contributed by atoms with Gasteiger partial charge in [0.2, 0.25) is 5.91 Å². The number of fused-ring (bicyclic) bond motifs is 2. The average molecular weight is 666 g/mol. The van der Waals surface area contributed by atoms with Gasteiger partial charge in [-0.25, -0.2) is 0 Å². The van der Waals surface area contributed by atoms with Crippen LogP contribution in [0.3, 0.4) is 0 Å². The molecule has 0 aromatic heterocycles. The van der Waals surface area contributed by atoms with E-state index in [0.717, 1.165) is 16.0 Å². The molecule has 0 saturated heterocycles. The number of hydrogen-bond acceptors (Lipinski definition) is 6. The lowest BCUT2D eigenvalue weighted by Crippen LogP contribution is -2.30. The molecule has 0 radical (unpaired) electrons. The molecule has 3 amide bonds. The van der Waals surface area contributed by atoms with Gasteiger partial charge in [-0.2, -0.15) is 0 Å². The second kappa shape index (κ2) is 14.4. The van der Waals surface area contributed by atoms with E-state index in [1.165, 1.54) is 11.8 Å². The van der Waals surface area contributed by atoms with Crippen LogP contribution in [0.25, 0.3) is 6.08 Å². The highest BCUT2D eigenvalue weighted by Gasteiger charge is 2.32. The van der Waals surface area contributed by atoms with E-state index < -0.39 is 17.1 Å². The van der Waals surface area contributed by atoms with Crippen molar-refractivity contribution in [3.8, 4) is 0 Å². The van der Waals surface area contributed by atoms with Crippen molar-refractivity contribution in [3.05, 3.63) is 166 Å².